The molecule has 0 spiro atoms. The highest BCUT2D eigenvalue weighted by atomic mass is 127. The number of benzene rings is 1. The summed E-state index contributed by atoms with van der Waals surface area (Å²) in [6.07, 6.45) is 3.61. The molecule has 27 heavy (non-hydrogen) atoms. The van der Waals surface area contributed by atoms with Crippen molar-refractivity contribution in [3.8, 4) is 5.75 Å². The van der Waals surface area contributed by atoms with Crippen molar-refractivity contribution in [3.05, 3.63) is 29.3 Å². The molecule has 1 atom stereocenters. The Morgan fingerprint density at radius 2 is 2.04 bits per heavy atom. The fourth-order valence-corrected chi connectivity index (χ4v) is 3.14. The first-order chi connectivity index (χ1) is 12.5. The van der Waals surface area contributed by atoms with Crippen LogP contribution in [0.5, 0.6) is 5.75 Å². The van der Waals surface area contributed by atoms with Crippen molar-refractivity contribution in [2.24, 2.45) is 10.4 Å². The zero-order valence-electron chi connectivity index (χ0n) is 17.4. The van der Waals surface area contributed by atoms with Crippen LogP contribution in [-0.2, 0) is 4.74 Å². The standard InChI is InChI=1S/C21H35N3O2.HI/c1-6-22-20(23-15-21(10-11-21)12-13-26-7-2)24-17(4)18-14-16(3)8-9-19(18)25-5;/h8-9,14,17H,6-7,10-13,15H2,1-5H3,(H2,22,23,24);1H. The minimum atomic E-state index is 0. The topological polar surface area (TPSA) is 54.9 Å². The first-order valence-electron chi connectivity index (χ1n) is 9.80. The van der Waals surface area contributed by atoms with Gasteiger partial charge >= 0.3 is 0 Å². The molecule has 5 nitrogen and oxygen atoms in total. The van der Waals surface area contributed by atoms with Gasteiger partial charge in [0.15, 0.2) is 5.96 Å². The number of nitrogens with one attached hydrogen (secondary N) is 2. The van der Waals surface area contributed by atoms with Crippen LogP contribution in [0.15, 0.2) is 23.2 Å². The van der Waals surface area contributed by atoms with Gasteiger partial charge in [-0.3, -0.25) is 4.99 Å². The van der Waals surface area contributed by atoms with Gasteiger partial charge in [-0.2, -0.15) is 0 Å². The van der Waals surface area contributed by atoms with Crippen LogP contribution in [0.4, 0.5) is 0 Å². The Morgan fingerprint density at radius 3 is 2.63 bits per heavy atom. The molecular formula is C21H36IN3O2. The lowest BCUT2D eigenvalue weighted by atomic mass is 10.0. The van der Waals surface area contributed by atoms with Crippen molar-refractivity contribution in [3.63, 3.8) is 0 Å². The maximum atomic E-state index is 5.53. The quantitative estimate of drug-likeness (QED) is 0.221. The minimum absolute atomic E-state index is 0. The summed E-state index contributed by atoms with van der Waals surface area (Å²) >= 11 is 0. The second-order valence-electron chi connectivity index (χ2n) is 7.25. The number of methoxy groups -OCH3 is 1. The molecule has 1 aliphatic rings. The molecule has 1 aromatic carbocycles. The highest BCUT2D eigenvalue weighted by Crippen LogP contribution is 2.49. The van der Waals surface area contributed by atoms with Crippen molar-refractivity contribution < 1.29 is 9.47 Å². The first kappa shape index (κ1) is 24.0. The number of aliphatic imine (C=N–C) groups is 1. The van der Waals surface area contributed by atoms with E-state index in [-0.39, 0.29) is 30.0 Å². The lowest BCUT2D eigenvalue weighted by Crippen LogP contribution is -2.39. The second-order valence-corrected chi connectivity index (χ2v) is 7.25. The van der Waals surface area contributed by atoms with E-state index < -0.39 is 0 Å². The lowest BCUT2D eigenvalue weighted by molar-refractivity contribution is 0.129. The van der Waals surface area contributed by atoms with E-state index >= 15 is 0 Å². The normalized spacial score (nSPS) is 16.3. The van der Waals surface area contributed by atoms with Crippen LogP contribution < -0.4 is 15.4 Å². The van der Waals surface area contributed by atoms with Gasteiger partial charge in [-0.25, -0.2) is 0 Å². The molecule has 2 N–H and O–H groups in total. The van der Waals surface area contributed by atoms with Crippen molar-refractivity contribution in [2.45, 2.75) is 53.0 Å². The van der Waals surface area contributed by atoms with E-state index in [1.54, 1.807) is 7.11 Å². The van der Waals surface area contributed by atoms with E-state index in [0.717, 1.165) is 50.0 Å². The Kier molecular flexibility index (Phi) is 10.4. The largest absolute Gasteiger partial charge is 0.496 e. The van der Waals surface area contributed by atoms with Gasteiger partial charge in [-0.1, -0.05) is 17.7 Å². The molecule has 0 bridgehead atoms. The Morgan fingerprint density at radius 1 is 1.30 bits per heavy atom. The molecule has 0 aliphatic heterocycles. The number of rotatable bonds is 10. The first-order valence-corrected chi connectivity index (χ1v) is 9.80. The van der Waals surface area contributed by atoms with E-state index in [1.807, 2.05) is 13.0 Å². The van der Waals surface area contributed by atoms with Gasteiger partial charge in [0.05, 0.1) is 13.2 Å². The summed E-state index contributed by atoms with van der Waals surface area (Å²) in [5, 5.41) is 6.90. The lowest BCUT2D eigenvalue weighted by Gasteiger charge is -2.21. The molecule has 2 rings (SSSR count). The summed E-state index contributed by atoms with van der Waals surface area (Å²) in [4.78, 5) is 4.87. The van der Waals surface area contributed by atoms with Gasteiger partial charge in [0, 0.05) is 31.9 Å². The summed E-state index contributed by atoms with van der Waals surface area (Å²) < 4.78 is 11.1. The van der Waals surface area contributed by atoms with Crippen LogP contribution in [0.1, 0.15) is 57.2 Å². The molecule has 154 valence electrons. The van der Waals surface area contributed by atoms with E-state index in [4.69, 9.17) is 14.5 Å². The highest BCUT2D eigenvalue weighted by Gasteiger charge is 2.41. The number of ether oxygens (including phenoxy) is 2. The Labute approximate surface area is 181 Å². The van der Waals surface area contributed by atoms with Crippen LogP contribution in [-0.4, -0.2) is 39.4 Å². The van der Waals surface area contributed by atoms with Crippen molar-refractivity contribution in [1.29, 1.82) is 0 Å². The van der Waals surface area contributed by atoms with E-state index in [1.165, 1.54) is 18.4 Å². The van der Waals surface area contributed by atoms with Gasteiger partial charge in [0.1, 0.15) is 5.75 Å². The molecule has 1 aliphatic carbocycles. The van der Waals surface area contributed by atoms with Crippen LogP contribution in [0.25, 0.3) is 0 Å². The van der Waals surface area contributed by atoms with Gasteiger partial charge in [-0.05, 0) is 58.4 Å². The van der Waals surface area contributed by atoms with Crippen molar-refractivity contribution in [1.82, 2.24) is 10.6 Å². The minimum Gasteiger partial charge on any atom is -0.496 e. The van der Waals surface area contributed by atoms with Gasteiger partial charge in [0.25, 0.3) is 0 Å². The maximum absolute atomic E-state index is 5.53. The van der Waals surface area contributed by atoms with Crippen LogP contribution in [0.2, 0.25) is 0 Å². The monoisotopic (exact) mass is 489 g/mol. The molecule has 0 heterocycles. The Balaban J connectivity index is 0.00000364. The molecule has 1 saturated carbocycles. The van der Waals surface area contributed by atoms with Crippen LogP contribution in [0, 0.1) is 12.3 Å². The van der Waals surface area contributed by atoms with Gasteiger partial charge in [-0.15, -0.1) is 24.0 Å². The summed E-state index contributed by atoms with van der Waals surface area (Å²) in [5.74, 6) is 1.77. The third kappa shape index (κ3) is 7.49. The third-order valence-electron chi connectivity index (χ3n) is 5.06. The van der Waals surface area contributed by atoms with E-state index in [9.17, 15) is 0 Å². The smallest absolute Gasteiger partial charge is 0.191 e. The van der Waals surface area contributed by atoms with Crippen molar-refractivity contribution >= 4 is 29.9 Å². The Bertz CT molecular complexity index is 603. The fourth-order valence-electron chi connectivity index (χ4n) is 3.14. The number of nitrogens with zero attached hydrogens (tertiary/aromatic N) is 1. The molecule has 1 unspecified atom stereocenters. The second kappa shape index (κ2) is 11.7. The number of halogens is 1. The SMILES string of the molecule is CCNC(=NCC1(CCOCC)CC1)NC(C)c1cc(C)ccc1OC.I. The maximum Gasteiger partial charge on any atom is 0.191 e. The number of hydrogen-bond acceptors (Lipinski definition) is 3. The van der Waals surface area contributed by atoms with E-state index in [0.29, 0.717) is 5.41 Å². The van der Waals surface area contributed by atoms with Crippen LogP contribution >= 0.6 is 24.0 Å². The number of guanidine groups is 1. The predicted molar refractivity (Wildman–Crippen MR) is 123 cm³/mol. The van der Waals surface area contributed by atoms with E-state index in [2.05, 4.69) is 43.5 Å². The van der Waals surface area contributed by atoms with Crippen LogP contribution in [0.3, 0.4) is 0 Å². The Hall–Kier alpha value is -1.02. The zero-order valence-corrected chi connectivity index (χ0v) is 19.8. The summed E-state index contributed by atoms with van der Waals surface area (Å²) in [6, 6.07) is 6.38. The summed E-state index contributed by atoms with van der Waals surface area (Å²) in [5.41, 5.74) is 2.72. The van der Waals surface area contributed by atoms with Gasteiger partial charge in [0.2, 0.25) is 0 Å². The molecule has 0 saturated heterocycles. The molecule has 6 heteroatoms. The molecule has 1 aromatic rings. The highest BCUT2D eigenvalue weighted by molar-refractivity contribution is 14.0. The molecule has 0 radical (unpaired) electrons. The molecule has 0 amide bonds. The predicted octanol–water partition coefficient (Wildman–Crippen LogP) is 4.44. The average molecular weight is 489 g/mol. The average Bonchev–Trinajstić information content (AvgIpc) is 3.40. The molecule has 1 fully saturated rings. The fraction of sp³-hybridized carbons (Fsp3) is 0.667. The summed E-state index contributed by atoms with van der Waals surface area (Å²) in [6.45, 7) is 11.7. The third-order valence-corrected chi connectivity index (χ3v) is 5.06. The zero-order chi connectivity index (χ0) is 19.0. The number of hydrogen-bond donors (Lipinski definition) is 2. The molecular weight excluding hydrogens is 453 g/mol. The summed E-state index contributed by atoms with van der Waals surface area (Å²) in [7, 11) is 1.72. The van der Waals surface area contributed by atoms with Gasteiger partial charge < -0.3 is 20.1 Å². The number of aryl methyl sites for hydroxylation is 1. The van der Waals surface area contributed by atoms with Crippen molar-refractivity contribution in [2.75, 3.05) is 33.4 Å². The molecule has 0 aromatic heterocycles.